The van der Waals surface area contributed by atoms with Crippen molar-refractivity contribution in [2.45, 2.75) is 6.04 Å². The van der Waals surface area contributed by atoms with Gasteiger partial charge >= 0.3 is 0 Å². The fourth-order valence-electron chi connectivity index (χ4n) is 2.55. The van der Waals surface area contributed by atoms with E-state index in [0.29, 0.717) is 38.1 Å². The van der Waals surface area contributed by atoms with Gasteiger partial charge < -0.3 is 19.7 Å². The molecule has 0 radical (unpaired) electrons. The average molecular weight is 328 g/mol. The van der Waals surface area contributed by atoms with Crippen molar-refractivity contribution >= 4 is 11.9 Å². The van der Waals surface area contributed by atoms with E-state index in [9.17, 15) is 4.79 Å². The first-order valence-electron chi connectivity index (χ1n) is 7.83. The van der Waals surface area contributed by atoms with Gasteiger partial charge in [-0.2, -0.15) is 4.98 Å². The molecule has 1 atom stereocenters. The van der Waals surface area contributed by atoms with E-state index in [1.54, 1.807) is 24.3 Å². The predicted octanol–water partition coefficient (Wildman–Crippen LogP) is 1.50. The maximum Gasteiger partial charge on any atom is 0.249 e. The Labute approximate surface area is 140 Å². The van der Waals surface area contributed by atoms with Gasteiger partial charge in [0.25, 0.3) is 0 Å². The minimum atomic E-state index is -0.559. The zero-order valence-corrected chi connectivity index (χ0v) is 13.5. The largest absolute Gasteiger partial charge is 0.481 e. The molecule has 2 aromatic rings. The molecular weight excluding hydrogens is 308 g/mol. The highest BCUT2D eigenvalue weighted by Crippen LogP contribution is 2.21. The number of carbonyl (C=O) groups is 1. The molecule has 3 rings (SSSR count). The molecule has 1 amide bonds. The zero-order chi connectivity index (χ0) is 16.8. The standard InChI is InChI=1S/C17H20N4O3/c1-23-14-7-8-18-17(19-14)20-15(13-5-3-2-4-6-13)16(22)21-9-11-24-12-10-21/h2-8,15H,9-12H2,1H3,(H,18,19,20)/t15-/m0/s1. The number of hydrogen-bond donors (Lipinski definition) is 1. The maximum atomic E-state index is 13.0. The van der Waals surface area contributed by atoms with Crippen LogP contribution in [-0.2, 0) is 9.53 Å². The van der Waals surface area contributed by atoms with Crippen LogP contribution in [0, 0.1) is 0 Å². The summed E-state index contributed by atoms with van der Waals surface area (Å²) in [6.45, 7) is 2.29. The molecule has 1 aromatic carbocycles. The Morgan fingerprint density at radius 1 is 1.25 bits per heavy atom. The Kier molecular flexibility index (Phi) is 5.22. The molecular formula is C17H20N4O3. The molecule has 7 nitrogen and oxygen atoms in total. The number of benzene rings is 1. The van der Waals surface area contributed by atoms with Crippen LogP contribution in [0.2, 0.25) is 0 Å². The van der Waals surface area contributed by atoms with Crippen LogP contribution in [0.5, 0.6) is 5.88 Å². The Balaban J connectivity index is 1.85. The third-order valence-electron chi connectivity index (χ3n) is 3.82. The van der Waals surface area contributed by atoms with E-state index >= 15 is 0 Å². The van der Waals surface area contributed by atoms with Gasteiger partial charge in [0.15, 0.2) is 0 Å². The zero-order valence-electron chi connectivity index (χ0n) is 13.5. The quantitative estimate of drug-likeness (QED) is 0.896. The summed E-state index contributed by atoms with van der Waals surface area (Å²) in [6, 6.07) is 10.7. The lowest BCUT2D eigenvalue weighted by Gasteiger charge is -2.31. The molecule has 1 saturated heterocycles. The highest BCUT2D eigenvalue weighted by Gasteiger charge is 2.27. The molecule has 2 heterocycles. The molecule has 1 aliphatic rings. The molecule has 7 heteroatoms. The SMILES string of the molecule is COc1ccnc(N[C@H](C(=O)N2CCOCC2)c2ccccc2)n1. The molecule has 1 aromatic heterocycles. The van der Waals surface area contributed by atoms with Crippen LogP contribution < -0.4 is 10.1 Å². The van der Waals surface area contributed by atoms with E-state index in [-0.39, 0.29) is 5.91 Å². The van der Waals surface area contributed by atoms with Crippen LogP contribution in [0.4, 0.5) is 5.95 Å². The highest BCUT2D eigenvalue weighted by molar-refractivity contribution is 5.85. The molecule has 0 saturated carbocycles. The molecule has 126 valence electrons. The topological polar surface area (TPSA) is 76.6 Å². The van der Waals surface area contributed by atoms with Gasteiger partial charge in [-0.1, -0.05) is 30.3 Å². The first kappa shape index (κ1) is 16.2. The minimum Gasteiger partial charge on any atom is -0.481 e. The van der Waals surface area contributed by atoms with Crippen LogP contribution in [0.1, 0.15) is 11.6 Å². The lowest BCUT2D eigenvalue weighted by Crippen LogP contribution is -2.44. The monoisotopic (exact) mass is 328 g/mol. The van der Waals surface area contributed by atoms with Crippen molar-refractivity contribution < 1.29 is 14.3 Å². The van der Waals surface area contributed by atoms with Gasteiger partial charge in [-0.3, -0.25) is 4.79 Å². The number of nitrogens with one attached hydrogen (secondary N) is 1. The lowest BCUT2D eigenvalue weighted by molar-refractivity contribution is -0.136. The lowest BCUT2D eigenvalue weighted by atomic mass is 10.1. The summed E-state index contributed by atoms with van der Waals surface area (Å²) in [4.78, 5) is 23.2. The smallest absolute Gasteiger partial charge is 0.249 e. The minimum absolute atomic E-state index is 0.0177. The van der Waals surface area contributed by atoms with E-state index in [1.165, 1.54) is 0 Å². The first-order chi connectivity index (χ1) is 11.8. The summed E-state index contributed by atoms with van der Waals surface area (Å²) >= 11 is 0. The van der Waals surface area contributed by atoms with Crippen molar-refractivity contribution in [2.75, 3.05) is 38.7 Å². The summed E-state index contributed by atoms with van der Waals surface area (Å²) in [6.07, 6.45) is 1.59. The second-order valence-electron chi connectivity index (χ2n) is 5.35. The molecule has 0 aliphatic carbocycles. The van der Waals surface area contributed by atoms with Gasteiger partial charge in [-0.25, -0.2) is 4.98 Å². The Morgan fingerprint density at radius 3 is 2.71 bits per heavy atom. The van der Waals surface area contributed by atoms with Crippen LogP contribution in [-0.4, -0.2) is 54.2 Å². The van der Waals surface area contributed by atoms with Crippen LogP contribution in [0.15, 0.2) is 42.6 Å². The van der Waals surface area contributed by atoms with Crippen molar-refractivity contribution in [1.29, 1.82) is 0 Å². The number of anilines is 1. The Morgan fingerprint density at radius 2 is 2.00 bits per heavy atom. The fourth-order valence-corrected chi connectivity index (χ4v) is 2.55. The molecule has 0 bridgehead atoms. The van der Waals surface area contributed by atoms with Crippen molar-refractivity contribution in [3.05, 3.63) is 48.2 Å². The summed E-state index contributed by atoms with van der Waals surface area (Å²) in [5.41, 5.74) is 0.861. The summed E-state index contributed by atoms with van der Waals surface area (Å²) in [5, 5.41) is 3.13. The van der Waals surface area contributed by atoms with E-state index in [4.69, 9.17) is 9.47 Å². The van der Waals surface area contributed by atoms with Gasteiger partial charge in [-0.15, -0.1) is 0 Å². The average Bonchev–Trinajstić information content (AvgIpc) is 2.67. The number of aromatic nitrogens is 2. The van der Waals surface area contributed by atoms with Crippen molar-refractivity contribution in [2.24, 2.45) is 0 Å². The molecule has 1 aliphatic heterocycles. The highest BCUT2D eigenvalue weighted by atomic mass is 16.5. The normalized spacial score (nSPS) is 15.6. The van der Waals surface area contributed by atoms with Crippen LogP contribution in [0.3, 0.4) is 0 Å². The summed E-state index contributed by atoms with van der Waals surface area (Å²) in [5.74, 6) is 0.777. The van der Waals surface area contributed by atoms with Crippen LogP contribution >= 0.6 is 0 Å². The first-order valence-corrected chi connectivity index (χ1v) is 7.83. The number of amides is 1. The van der Waals surface area contributed by atoms with Gasteiger partial charge in [0.05, 0.1) is 20.3 Å². The molecule has 1 N–H and O–H groups in total. The van der Waals surface area contributed by atoms with Gasteiger partial charge in [0, 0.05) is 25.4 Å². The number of morpholine rings is 1. The van der Waals surface area contributed by atoms with Crippen molar-refractivity contribution in [3.63, 3.8) is 0 Å². The number of hydrogen-bond acceptors (Lipinski definition) is 6. The molecule has 1 fully saturated rings. The fraction of sp³-hybridized carbons (Fsp3) is 0.353. The van der Waals surface area contributed by atoms with Crippen molar-refractivity contribution in [1.82, 2.24) is 14.9 Å². The molecule has 0 unspecified atom stereocenters. The van der Waals surface area contributed by atoms with Crippen LogP contribution in [0.25, 0.3) is 0 Å². The third-order valence-corrected chi connectivity index (χ3v) is 3.82. The number of nitrogens with zero attached hydrogens (tertiary/aromatic N) is 3. The van der Waals surface area contributed by atoms with E-state index in [1.807, 2.05) is 30.3 Å². The summed E-state index contributed by atoms with van der Waals surface area (Å²) < 4.78 is 10.4. The van der Waals surface area contributed by atoms with Gasteiger partial charge in [-0.05, 0) is 5.56 Å². The number of carbonyl (C=O) groups excluding carboxylic acids is 1. The number of rotatable bonds is 5. The third kappa shape index (κ3) is 3.80. The Bertz CT molecular complexity index is 675. The number of ether oxygens (including phenoxy) is 2. The van der Waals surface area contributed by atoms with Gasteiger partial charge in [0.2, 0.25) is 17.7 Å². The van der Waals surface area contributed by atoms with E-state index in [2.05, 4.69) is 15.3 Å². The second kappa shape index (κ2) is 7.74. The Hall–Kier alpha value is -2.67. The number of methoxy groups -OCH3 is 1. The molecule has 0 spiro atoms. The summed E-state index contributed by atoms with van der Waals surface area (Å²) in [7, 11) is 1.54. The van der Waals surface area contributed by atoms with E-state index in [0.717, 1.165) is 5.56 Å². The van der Waals surface area contributed by atoms with Crippen molar-refractivity contribution in [3.8, 4) is 5.88 Å². The van der Waals surface area contributed by atoms with E-state index < -0.39 is 6.04 Å². The molecule has 24 heavy (non-hydrogen) atoms. The maximum absolute atomic E-state index is 13.0. The second-order valence-corrected chi connectivity index (χ2v) is 5.35. The van der Waals surface area contributed by atoms with Gasteiger partial charge in [0.1, 0.15) is 6.04 Å². The predicted molar refractivity (Wildman–Crippen MR) is 88.8 cm³/mol.